The number of nitrogens with zero attached hydrogens (tertiary/aromatic N) is 1. The summed E-state index contributed by atoms with van der Waals surface area (Å²) in [6.07, 6.45) is 6.25. The van der Waals surface area contributed by atoms with Gasteiger partial charge in [-0.05, 0) is 37.1 Å². The third kappa shape index (κ3) is 8.65. The fourth-order valence-corrected chi connectivity index (χ4v) is 4.25. The molecule has 4 aromatic rings. The van der Waals surface area contributed by atoms with Crippen molar-refractivity contribution in [2.24, 2.45) is 0 Å². The summed E-state index contributed by atoms with van der Waals surface area (Å²) in [6.45, 7) is 0. The predicted octanol–water partition coefficient (Wildman–Crippen LogP) is 3.62. The number of para-hydroxylation sites is 4. The highest BCUT2D eigenvalue weighted by molar-refractivity contribution is 6.17. The van der Waals surface area contributed by atoms with Crippen LogP contribution in [0.15, 0.2) is 145 Å². The van der Waals surface area contributed by atoms with Crippen LogP contribution >= 0.6 is 0 Å². The normalized spacial score (nSPS) is 15.0. The van der Waals surface area contributed by atoms with Gasteiger partial charge in [-0.3, -0.25) is 0 Å². The smallest absolute Gasteiger partial charge is 0.221 e. The van der Waals surface area contributed by atoms with Crippen LogP contribution in [0.2, 0.25) is 0 Å². The van der Waals surface area contributed by atoms with Gasteiger partial charge in [-0.1, -0.05) is 72.8 Å². The summed E-state index contributed by atoms with van der Waals surface area (Å²) in [4.78, 5) is 0. The van der Waals surface area contributed by atoms with Gasteiger partial charge >= 0.3 is 0 Å². The summed E-state index contributed by atoms with van der Waals surface area (Å²) in [7, 11) is -4.69. The molecule has 0 spiro atoms. The average molecular weight is 543 g/mol. The number of anilines is 2. The number of hydrogen-bond donors (Lipinski definition) is 3. The summed E-state index contributed by atoms with van der Waals surface area (Å²) in [6, 6.07) is 41.8. The third-order valence-electron chi connectivity index (χ3n) is 5.90. The highest BCUT2D eigenvalue weighted by Gasteiger charge is 2.32. The first-order valence-corrected chi connectivity index (χ1v) is 13.6. The second-order valence-corrected chi connectivity index (χ2v) is 9.40. The highest BCUT2D eigenvalue weighted by atomic mass is 35.7. The molecule has 8 heteroatoms. The molecule has 7 nitrogen and oxygen atoms in total. The predicted molar refractivity (Wildman–Crippen MR) is 147 cm³/mol. The van der Waals surface area contributed by atoms with E-state index in [1.54, 1.807) is 0 Å². The first-order chi connectivity index (χ1) is 18.9. The van der Waals surface area contributed by atoms with E-state index >= 15 is 0 Å². The van der Waals surface area contributed by atoms with Crippen LogP contribution in [0.1, 0.15) is 12.8 Å². The van der Waals surface area contributed by atoms with Gasteiger partial charge in [0.15, 0.2) is 0 Å². The maximum absolute atomic E-state index is 8.60. The Kier molecular flexibility index (Phi) is 9.64. The van der Waals surface area contributed by atoms with Crippen LogP contribution in [0.3, 0.4) is 0 Å². The zero-order valence-corrected chi connectivity index (χ0v) is 21.9. The molecule has 0 heterocycles. The Morgan fingerprint density at radius 1 is 0.564 bits per heavy atom. The monoisotopic (exact) mass is 542 g/mol. The summed E-state index contributed by atoms with van der Waals surface area (Å²) < 4.78 is 35.1. The van der Waals surface area contributed by atoms with Crippen LogP contribution in [0.4, 0.5) is 22.7 Å². The lowest BCUT2D eigenvalue weighted by Crippen LogP contribution is -2.58. The van der Waals surface area contributed by atoms with Crippen LogP contribution in [-0.4, -0.2) is 10.4 Å². The van der Waals surface area contributed by atoms with E-state index < -0.39 is 10.2 Å². The van der Waals surface area contributed by atoms with Gasteiger partial charge in [-0.2, -0.15) is 18.6 Å². The topological polar surface area (TPSA) is 116 Å². The number of allylic oxidation sites excluding steroid dienone is 2. The number of halogens is 1. The van der Waals surface area contributed by atoms with E-state index in [-0.39, 0.29) is 0 Å². The third-order valence-corrected chi connectivity index (χ3v) is 5.90. The van der Waals surface area contributed by atoms with Crippen molar-refractivity contribution >= 4 is 28.5 Å². The molecule has 39 heavy (non-hydrogen) atoms. The van der Waals surface area contributed by atoms with Crippen molar-refractivity contribution in [3.8, 4) is 0 Å². The molecule has 3 N–H and O–H groups in total. The first-order valence-electron chi connectivity index (χ1n) is 12.3. The van der Waals surface area contributed by atoms with Crippen LogP contribution in [0.5, 0.6) is 0 Å². The van der Waals surface area contributed by atoms with E-state index in [1.165, 1.54) is 16.9 Å². The zero-order chi connectivity index (χ0) is 27.5. The molecule has 0 saturated heterocycles. The Bertz CT molecular complexity index is 1310. The van der Waals surface area contributed by atoms with E-state index in [0.717, 1.165) is 35.6 Å². The van der Waals surface area contributed by atoms with Gasteiger partial charge in [-0.25, -0.2) is 0 Å². The Balaban J connectivity index is 0.000000648. The van der Waals surface area contributed by atoms with Gasteiger partial charge in [0.25, 0.3) is 0 Å². The summed E-state index contributed by atoms with van der Waals surface area (Å²) in [5.41, 5.74) is 8.21. The molecule has 5 rings (SSSR count). The zero-order valence-electron chi connectivity index (χ0n) is 21.1. The fraction of sp³-hybridized carbons (Fsp3) is 0.0645. The van der Waals surface area contributed by atoms with E-state index in [2.05, 4.69) is 137 Å². The average Bonchev–Trinajstić information content (AvgIpc) is 3.34. The molecule has 0 atom stereocenters. The maximum Gasteiger partial charge on any atom is 0.221 e. The number of rotatable bonds is 6. The molecule has 1 aliphatic carbocycles. The summed E-state index contributed by atoms with van der Waals surface area (Å²) in [5, 5.41) is 7.02. The lowest BCUT2D eigenvalue weighted by molar-refractivity contribution is -1.92. The minimum absolute atomic E-state index is 0.966. The van der Waals surface area contributed by atoms with E-state index in [9.17, 15) is 0 Å². The number of nitrogens with one attached hydrogen (secondary N) is 2. The molecule has 0 unspecified atom stereocenters. The first kappa shape index (κ1) is 27.8. The van der Waals surface area contributed by atoms with Gasteiger partial charge < -0.3 is 10.6 Å². The van der Waals surface area contributed by atoms with Crippen molar-refractivity contribution < 1.29 is 28.9 Å². The van der Waals surface area contributed by atoms with Crippen molar-refractivity contribution in [2.45, 2.75) is 12.8 Å². The van der Waals surface area contributed by atoms with E-state index in [4.69, 9.17) is 18.6 Å². The van der Waals surface area contributed by atoms with Crippen molar-refractivity contribution in [3.63, 3.8) is 0 Å². The molecule has 0 amide bonds. The highest BCUT2D eigenvalue weighted by Crippen LogP contribution is 2.32. The van der Waals surface area contributed by atoms with Crippen LogP contribution < -0.4 is 29.2 Å². The molecule has 0 aromatic heterocycles. The van der Waals surface area contributed by atoms with E-state index in [0.29, 0.717) is 0 Å². The molecule has 198 valence electrons. The van der Waals surface area contributed by atoms with Gasteiger partial charge in [-0.15, -0.1) is 0 Å². The van der Waals surface area contributed by atoms with E-state index in [1.807, 2.05) is 12.1 Å². The minimum atomic E-state index is -4.69. The molecule has 4 aromatic carbocycles. The fourth-order valence-electron chi connectivity index (χ4n) is 4.25. The van der Waals surface area contributed by atoms with Gasteiger partial charge in [0, 0.05) is 59.2 Å². The molecular formula is C31H29ClN3O4+. The Labute approximate surface area is 230 Å². The molecule has 1 fully saturated rings. The van der Waals surface area contributed by atoms with Crippen molar-refractivity contribution in [3.05, 3.63) is 145 Å². The second kappa shape index (κ2) is 13.5. The summed E-state index contributed by atoms with van der Waals surface area (Å²) in [5.74, 6) is 0. The van der Waals surface area contributed by atoms with Crippen LogP contribution in [0.25, 0.3) is 0 Å². The Hall–Kier alpha value is -4.24. The van der Waals surface area contributed by atoms with Gasteiger partial charge in [0.1, 0.15) is 0 Å². The van der Waals surface area contributed by atoms with Gasteiger partial charge in [0.05, 0.1) is 14.9 Å². The van der Waals surface area contributed by atoms with Crippen molar-refractivity contribution in [1.82, 2.24) is 4.58 Å². The lowest BCUT2D eigenvalue weighted by Gasteiger charge is -2.10. The molecule has 1 aliphatic rings. The SMILES string of the molecule is C(/Nc1ccccc1)=C1/CC/C(=C\Nc2ccccc2)C1=[N+](c1ccccc1)c1ccccc1.[O-][Cl+3]([O-])([O-])O. The molecular weight excluding hydrogens is 514 g/mol. The maximum atomic E-state index is 8.60. The van der Waals surface area contributed by atoms with Crippen LogP contribution in [-0.2, 0) is 0 Å². The molecule has 0 radical (unpaired) electrons. The summed E-state index contributed by atoms with van der Waals surface area (Å²) >= 11 is 0. The van der Waals surface area contributed by atoms with Gasteiger partial charge in [0.2, 0.25) is 17.1 Å². The molecule has 0 aliphatic heterocycles. The number of benzene rings is 4. The largest absolute Gasteiger partial charge is 0.361 e. The standard InChI is InChI=1S/C31H27N3.ClHO4/c1-5-13-27(14-6-1)32-23-25-21-22-26(24-33-28-15-7-2-8-16-28)31(25)34(29-17-9-3-10-18-29)30-19-11-4-12-20-30;2-1(3,4)5/h1-20,23-24H,21-22H2,(H,32,33);(H,2,3,4,5)/p+1. The second-order valence-electron chi connectivity index (χ2n) is 8.61. The molecule has 0 bridgehead atoms. The molecule has 1 saturated carbocycles. The van der Waals surface area contributed by atoms with Crippen molar-refractivity contribution in [2.75, 3.05) is 10.6 Å². The quantitative estimate of drug-likeness (QED) is 0.320. The Morgan fingerprint density at radius 2 is 0.872 bits per heavy atom. The van der Waals surface area contributed by atoms with Crippen molar-refractivity contribution in [1.29, 1.82) is 0 Å². The minimum Gasteiger partial charge on any atom is -0.361 e. The number of hydrogen-bond acceptors (Lipinski definition) is 6. The van der Waals surface area contributed by atoms with Crippen LogP contribution in [0, 0.1) is 10.2 Å². The lowest BCUT2D eigenvalue weighted by atomic mass is 10.1. The Morgan fingerprint density at radius 3 is 1.21 bits per heavy atom.